The molecule has 0 unspecified atom stereocenters. The van der Waals surface area contributed by atoms with E-state index in [9.17, 15) is 18.0 Å². The predicted octanol–water partition coefficient (Wildman–Crippen LogP) is 4.05. The molecule has 1 aromatic rings. The van der Waals surface area contributed by atoms with Gasteiger partial charge in [-0.3, -0.25) is 4.79 Å². The van der Waals surface area contributed by atoms with E-state index in [0.717, 1.165) is 24.3 Å². The molecule has 5 heteroatoms. The summed E-state index contributed by atoms with van der Waals surface area (Å²) >= 11 is 0. The zero-order valence-corrected chi connectivity index (χ0v) is 10.5. The van der Waals surface area contributed by atoms with Gasteiger partial charge in [0.05, 0.1) is 11.0 Å². The van der Waals surface area contributed by atoms with E-state index >= 15 is 0 Å². The lowest BCUT2D eigenvalue weighted by Crippen LogP contribution is -2.28. The highest BCUT2D eigenvalue weighted by Gasteiger charge is 2.31. The molecule has 0 saturated heterocycles. The Bertz CT molecular complexity index is 419. The fourth-order valence-electron chi connectivity index (χ4n) is 1.10. The van der Waals surface area contributed by atoms with Crippen LogP contribution in [0.2, 0.25) is 0 Å². The largest absolute Gasteiger partial charge is 0.426 e. The first kappa shape index (κ1) is 14.5. The van der Waals surface area contributed by atoms with Gasteiger partial charge in [-0.1, -0.05) is 6.92 Å². The molecule has 100 valence electrons. The van der Waals surface area contributed by atoms with Crippen LogP contribution in [0.15, 0.2) is 24.3 Å². The van der Waals surface area contributed by atoms with Crippen LogP contribution in [-0.4, -0.2) is 5.97 Å². The smallest absolute Gasteiger partial charge is 0.416 e. The molecule has 0 bridgehead atoms. The van der Waals surface area contributed by atoms with Crippen molar-refractivity contribution in [1.29, 1.82) is 0 Å². The van der Waals surface area contributed by atoms with E-state index < -0.39 is 23.1 Å². The predicted molar refractivity (Wildman–Crippen MR) is 61.2 cm³/mol. The average molecular weight is 260 g/mol. The lowest BCUT2D eigenvalue weighted by molar-refractivity contribution is -0.144. The van der Waals surface area contributed by atoms with Gasteiger partial charge >= 0.3 is 12.1 Å². The second kappa shape index (κ2) is 5.00. The number of halogens is 3. The summed E-state index contributed by atoms with van der Waals surface area (Å²) in [6, 6.07) is 4.07. The Morgan fingerprint density at radius 3 is 2.06 bits per heavy atom. The molecule has 0 aliphatic rings. The first-order chi connectivity index (χ1) is 8.16. The van der Waals surface area contributed by atoms with Crippen molar-refractivity contribution in [1.82, 2.24) is 0 Å². The Balaban J connectivity index is 2.79. The first-order valence-electron chi connectivity index (χ1n) is 5.56. The number of alkyl halides is 3. The fourth-order valence-corrected chi connectivity index (χ4v) is 1.10. The van der Waals surface area contributed by atoms with Gasteiger partial charge in [-0.25, -0.2) is 0 Å². The molecule has 1 aromatic carbocycles. The summed E-state index contributed by atoms with van der Waals surface area (Å²) in [4.78, 5) is 11.7. The van der Waals surface area contributed by atoms with Crippen molar-refractivity contribution >= 4 is 5.97 Å². The minimum Gasteiger partial charge on any atom is -0.426 e. The number of hydrogen-bond acceptors (Lipinski definition) is 2. The molecule has 2 nitrogen and oxygen atoms in total. The van der Waals surface area contributed by atoms with Crippen LogP contribution in [0.1, 0.15) is 32.8 Å². The van der Waals surface area contributed by atoms with Gasteiger partial charge in [0, 0.05) is 0 Å². The molecular formula is C13H15F3O2. The number of rotatable bonds is 3. The molecule has 0 aromatic heterocycles. The van der Waals surface area contributed by atoms with Gasteiger partial charge in [-0.05, 0) is 44.5 Å². The maximum absolute atomic E-state index is 12.3. The summed E-state index contributed by atoms with van der Waals surface area (Å²) in [5, 5.41) is 0. The second-order valence-corrected chi connectivity index (χ2v) is 4.65. The van der Waals surface area contributed by atoms with E-state index in [2.05, 4.69) is 0 Å². The molecule has 0 spiro atoms. The van der Waals surface area contributed by atoms with E-state index in [1.54, 1.807) is 13.8 Å². The molecule has 0 amide bonds. The highest BCUT2D eigenvalue weighted by Crippen LogP contribution is 2.31. The third-order valence-corrected chi connectivity index (χ3v) is 2.83. The number of carbonyl (C=O) groups is 1. The lowest BCUT2D eigenvalue weighted by Gasteiger charge is -2.20. The molecule has 0 heterocycles. The zero-order valence-electron chi connectivity index (χ0n) is 10.5. The van der Waals surface area contributed by atoms with E-state index in [1.807, 2.05) is 6.92 Å². The summed E-state index contributed by atoms with van der Waals surface area (Å²) in [7, 11) is 0. The van der Waals surface area contributed by atoms with Crippen molar-refractivity contribution in [2.75, 3.05) is 0 Å². The van der Waals surface area contributed by atoms with Gasteiger partial charge in [-0.2, -0.15) is 13.2 Å². The van der Waals surface area contributed by atoms with Crippen LogP contribution in [0.4, 0.5) is 13.2 Å². The Labute approximate surface area is 104 Å². The second-order valence-electron chi connectivity index (χ2n) is 4.65. The molecule has 0 saturated carbocycles. The van der Waals surface area contributed by atoms with Crippen molar-refractivity contribution in [3.63, 3.8) is 0 Å². The van der Waals surface area contributed by atoms with Gasteiger partial charge in [0.25, 0.3) is 0 Å². The third kappa shape index (κ3) is 3.48. The number of benzene rings is 1. The van der Waals surface area contributed by atoms with Crippen molar-refractivity contribution in [2.24, 2.45) is 5.41 Å². The fraction of sp³-hybridized carbons (Fsp3) is 0.462. The van der Waals surface area contributed by atoms with Crippen molar-refractivity contribution < 1.29 is 22.7 Å². The standard InChI is InChI=1S/C13H15F3O2/c1-4-12(2,3)11(17)18-10-7-5-9(6-8-10)13(14,15)16/h5-8H,4H2,1-3H3. The molecule has 0 aliphatic carbocycles. The quantitative estimate of drug-likeness (QED) is 0.605. The number of ether oxygens (including phenoxy) is 1. The van der Waals surface area contributed by atoms with Gasteiger partial charge in [0.1, 0.15) is 5.75 Å². The van der Waals surface area contributed by atoms with Gasteiger partial charge in [-0.15, -0.1) is 0 Å². The molecular weight excluding hydrogens is 245 g/mol. The van der Waals surface area contributed by atoms with Crippen LogP contribution < -0.4 is 4.74 Å². The lowest BCUT2D eigenvalue weighted by atomic mass is 9.91. The minimum atomic E-state index is -4.38. The van der Waals surface area contributed by atoms with E-state index in [0.29, 0.717) is 6.42 Å². The van der Waals surface area contributed by atoms with Crippen LogP contribution in [0.5, 0.6) is 5.75 Å². The number of hydrogen-bond donors (Lipinski definition) is 0. The van der Waals surface area contributed by atoms with E-state index in [4.69, 9.17) is 4.74 Å². The van der Waals surface area contributed by atoms with Crippen LogP contribution >= 0.6 is 0 Å². The summed E-state index contributed by atoms with van der Waals surface area (Å²) in [5.74, 6) is -0.334. The first-order valence-corrected chi connectivity index (χ1v) is 5.56. The summed E-state index contributed by atoms with van der Waals surface area (Å²) in [6.45, 7) is 5.28. The van der Waals surface area contributed by atoms with E-state index in [1.165, 1.54) is 0 Å². The number of carbonyl (C=O) groups excluding carboxylic acids is 1. The minimum absolute atomic E-state index is 0.120. The highest BCUT2D eigenvalue weighted by molar-refractivity contribution is 5.78. The Kier molecular flexibility index (Phi) is 4.04. The van der Waals surface area contributed by atoms with E-state index in [-0.39, 0.29) is 5.75 Å². The molecule has 1 rings (SSSR count). The van der Waals surface area contributed by atoms with Crippen LogP contribution in [-0.2, 0) is 11.0 Å². The highest BCUT2D eigenvalue weighted by atomic mass is 19.4. The van der Waals surface area contributed by atoms with Crippen LogP contribution in [0, 0.1) is 5.41 Å². The SMILES string of the molecule is CCC(C)(C)C(=O)Oc1ccc(C(F)(F)F)cc1. The molecule has 0 radical (unpaired) electrons. The van der Waals surface area contributed by atoms with Gasteiger partial charge in [0.2, 0.25) is 0 Å². The zero-order chi connectivity index (χ0) is 14.0. The summed E-state index contributed by atoms with van der Waals surface area (Å²) < 4.78 is 42.0. The van der Waals surface area contributed by atoms with Crippen molar-refractivity contribution in [3.05, 3.63) is 29.8 Å². The number of esters is 1. The molecule has 18 heavy (non-hydrogen) atoms. The van der Waals surface area contributed by atoms with Crippen LogP contribution in [0.3, 0.4) is 0 Å². The van der Waals surface area contributed by atoms with Crippen molar-refractivity contribution in [2.45, 2.75) is 33.4 Å². The maximum Gasteiger partial charge on any atom is 0.416 e. The Hall–Kier alpha value is -1.52. The molecule has 0 atom stereocenters. The summed E-state index contributed by atoms with van der Waals surface area (Å²) in [5.41, 5.74) is -1.42. The average Bonchev–Trinajstić information content (AvgIpc) is 2.28. The van der Waals surface area contributed by atoms with Gasteiger partial charge < -0.3 is 4.74 Å². The van der Waals surface area contributed by atoms with Crippen LogP contribution in [0.25, 0.3) is 0 Å². The molecule has 0 N–H and O–H groups in total. The summed E-state index contributed by atoms with van der Waals surface area (Å²) in [6.07, 6.45) is -3.79. The topological polar surface area (TPSA) is 26.3 Å². The molecule has 0 aliphatic heterocycles. The maximum atomic E-state index is 12.3. The Morgan fingerprint density at radius 1 is 1.17 bits per heavy atom. The van der Waals surface area contributed by atoms with Crippen molar-refractivity contribution in [3.8, 4) is 5.75 Å². The third-order valence-electron chi connectivity index (χ3n) is 2.83. The molecule has 0 fully saturated rings. The van der Waals surface area contributed by atoms with Gasteiger partial charge in [0.15, 0.2) is 0 Å². The monoisotopic (exact) mass is 260 g/mol. The normalized spacial score (nSPS) is 12.3. The Morgan fingerprint density at radius 2 is 1.67 bits per heavy atom.